The number of Topliss-reactive ketones (excluding diaryl/α,β-unsaturated/α-hetero) is 1. The van der Waals surface area contributed by atoms with E-state index in [1.54, 1.807) is 0 Å². The van der Waals surface area contributed by atoms with Gasteiger partial charge >= 0.3 is 0 Å². The largest absolute Gasteiger partial charge is 0.368 e. The lowest BCUT2D eigenvalue weighted by atomic mass is 9.99. The Hall–Kier alpha value is -3.06. The summed E-state index contributed by atoms with van der Waals surface area (Å²) in [7, 11) is 0. The molecule has 0 fully saturated rings. The van der Waals surface area contributed by atoms with Gasteiger partial charge in [-0.3, -0.25) is 28.8 Å². The number of ketones is 1. The van der Waals surface area contributed by atoms with E-state index in [2.05, 4.69) is 39.7 Å². The monoisotopic (exact) mass is 698 g/mol. The van der Waals surface area contributed by atoms with Crippen molar-refractivity contribution in [2.24, 2.45) is 5.73 Å². The first-order valence-electron chi connectivity index (χ1n) is 19.2. The van der Waals surface area contributed by atoms with Gasteiger partial charge in [0.05, 0.1) is 19.1 Å². The van der Waals surface area contributed by atoms with Gasteiger partial charge < -0.3 is 38.5 Å². The molecule has 0 bridgehead atoms. The zero-order valence-corrected chi connectivity index (χ0v) is 30.7. The maximum absolute atomic E-state index is 13.0. The molecule has 2 atom stereocenters. The molecule has 0 aliphatic heterocycles. The number of unbranched alkanes of at least 4 members (excludes halogenated alkanes) is 10. The number of primary amides is 1. The summed E-state index contributed by atoms with van der Waals surface area (Å²) >= 11 is 0. The Labute approximate surface area is 295 Å². The number of hydrogen-bond donors (Lipinski definition) is 7. The van der Waals surface area contributed by atoms with Crippen molar-refractivity contribution in [1.82, 2.24) is 21.3 Å². The van der Waals surface area contributed by atoms with Crippen LogP contribution in [0.3, 0.4) is 0 Å². The summed E-state index contributed by atoms with van der Waals surface area (Å²) < 4.78 is 0. The van der Waals surface area contributed by atoms with Crippen LogP contribution in [-0.2, 0) is 28.8 Å². The lowest BCUT2D eigenvalue weighted by molar-refractivity contribution is -0.368. The number of amides is 5. The van der Waals surface area contributed by atoms with Gasteiger partial charge in [0.1, 0.15) is 6.04 Å². The van der Waals surface area contributed by atoms with Gasteiger partial charge in [-0.15, -0.1) is 0 Å². The Balaban J connectivity index is 4.12. The van der Waals surface area contributed by atoms with Crippen LogP contribution in [-0.4, -0.2) is 73.6 Å². The molecule has 13 heteroatoms. The molecule has 0 spiro atoms. The molecule has 0 heterocycles. The fourth-order valence-corrected chi connectivity index (χ4v) is 5.46. The molecular formula is C36H71N7O6+2. The van der Waals surface area contributed by atoms with Gasteiger partial charge in [-0.25, -0.2) is 0 Å². The third kappa shape index (κ3) is 28.5. The normalized spacial score (nSPS) is 12.1. The van der Waals surface area contributed by atoms with Crippen molar-refractivity contribution in [1.29, 1.82) is 0 Å². The van der Waals surface area contributed by atoms with E-state index in [4.69, 9.17) is 5.73 Å². The SMILES string of the molecule is CCCCCC(=O)NCCCCCC(=O)NC(CCCC[NH3+])C(=O)CCCCCC(=O)NCCCCCC(=O)NC(CCCC[NH3+])C(N)=O. The third-order valence-corrected chi connectivity index (χ3v) is 8.53. The highest BCUT2D eigenvalue weighted by Gasteiger charge is 2.20. The number of nitrogens with one attached hydrogen (secondary N) is 4. The molecule has 0 rings (SSSR count). The van der Waals surface area contributed by atoms with Crippen molar-refractivity contribution in [2.75, 3.05) is 26.2 Å². The molecule has 0 aromatic heterocycles. The lowest BCUT2D eigenvalue weighted by Gasteiger charge is -2.18. The van der Waals surface area contributed by atoms with Crippen LogP contribution in [0.2, 0.25) is 0 Å². The predicted octanol–water partition coefficient (Wildman–Crippen LogP) is 1.72. The standard InChI is InChI=1S/C36H69N7O6/c1-2-3-7-21-32(45)40-27-16-5-10-23-34(47)42-29(18-12-14-25-37)31(44)20-8-4-9-22-33(46)41-28-17-6-11-24-35(48)43-30(36(39)49)19-13-15-26-38/h29-30H,2-28,37-38H2,1H3,(H2,39,49)(H,40,45)(H,41,46)(H,42,47)(H,43,48)/p+2. The molecule has 0 aromatic rings. The summed E-state index contributed by atoms with van der Waals surface area (Å²) in [5, 5.41) is 11.5. The van der Waals surface area contributed by atoms with Crippen molar-refractivity contribution in [3.05, 3.63) is 0 Å². The van der Waals surface area contributed by atoms with Gasteiger partial charge in [0.15, 0.2) is 5.78 Å². The van der Waals surface area contributed by atoms with E-state index in [0.717, 1.165) is 90.1 Å². The summed E-state index contributed by atoms with van der Waals surface area (Å²) in [5.74, 6) is -0.700. The number of carbonyl (C=O) groups is 6. The maximum Gasteiger partial charge on any atom is 0.239 e. The van der Waals surface area contributed by atoms with Crippen LogP contribution < -0.4 is 38.5 Å². The Morgan fingerprint density at radius 1 is 0.490 bits per heavy atom. The average Bonchev–Trinajstić information content (AvgIpc) is 3.06. The Morgan fingerprint density at radius 2 is 0.898 bits per heavy atom. The minimum absolute atomic E-state index is 0.0247. The number of carbonyl (C=O) groups excluding carboxylic acids is 6. The van der Waals surface area contributed by atoms with E-state index in [0.29, 0.717) is 83.7 Å². The minimum atomic E-state index is -0.638. The number of hydrogen-bond acceptors (Lipinski definition) is 6. The summed E-state index contributed by atoms with van der Waals surface area (Å²) in [5.41, 5.74) is 13.0. The predicted molar refractivity (Wildman–Crippen MR) is 191 cm³/mol. The maximum atomic E-state index is 13.0. The molecule has 49 heavy (non-hydrogen) atoms. The van der Waals surface area contributed by atoms with E-state index < -0.39 is 18.0 Å². The highest BCUT2D eigenvalue weighted by atomic mass is 16.2. The molecule has 0 saturated carbocycles. The second kappa shape index (κ2) is 32.2. The average molecular weight is 698 g/mol. The second-order valence-corrected chi connectivity index (χ2v) is 13.1. The van der Waals surface area contributed by atoms with E-state index in [9.17, 15) is 28.8 Å². The zero-order valence-electron chi connectivity index (χ0n) is 30.7. The minimum Gasteiger partial charge on any atom is -0.368 e. The fraction of sp³-hybridized carbons (Fsp3) is 0.833. The Bertz CT molecular complexity index is 934. The van der Waals surface area contributed by atoms with Gasteiger partial charge in [0.25, 0.3) is 0 Å². The van der Waals surface area contributed by atoms with Crippen molar-refractivity contribution >= 4 is 35.3 Å². The topological polar surface area (TPSA) is 232 Å². The van der Waals surface area contributed by atoms with Crippen LogP contribution in [0.15, 0.2) is 0 Å². The molecular weight excluding hydrogens is 626 g/mol. The highest BCUT2D eigenvalue weighted by molar-refractivity contribution is 5.89. The molecule has 0 aromatic carbocycles. The van der Waals surface area contributed by atoms with Crippen LogP contribution in [0.1, 0.15) is 155 Å². The van der Waals surface area contributed by atoms with Gasteiger partial charge in [0, 0.05) is 45.2 Å². The van der Waals surface area contributed by atoms with Gasteiger partial charge in [-0.2, -0.15) is 0 Å². The Kier molecular flexibility index (Phi) is 30.2. The molecule has 13 nitrogen and oxygen atoms in total. The smallest absolute Gasteiger partial charge is 0.239 e. The summed E-state index contributed by atoms with van der Waals surface area (Å²) in [6.45, 7) is 4.85. The van der Waals surface area contributed by atoms with E-state index in [1.165, 1.54) is 0 Å². The van der Waals surface area contributed by atoms with Gasteiger partial charge in [-0.1, -0.05) is 39.0 Å². The summed E-state index contributed by atoms with van der Waals surface area (Å²) in [6.07, 6.45) is 16.4. The number of quaternary nitrogens is 2. The highest BCUT2D eigenvalue weighted by Crippen LogP contribution is 2.11. The quantitative estimate of drug-likeness (QED) is 0.0495. The Morgan fingerprint density at radius 3 is 1.37 bits per heavy atom. The molecule has 0 aliphatic rings. The molecule has 12 N–H and O–H groups in total. The molecule has 0 aliphatic carbocycles. The number of nitrogens with two attached hydrogens (primary N) is 1. The van der Waals surface area contributed by atoms with Crippen LogP contribution in [0, 0.1) is 0 Å². The third-order valence-electron chi connectivity index (χ3n) is 8.53. The van der Waals surface area contributed by atoms with Crippen molar-refractivity contribution < 1.29 is 40.2 Å². The van der Waals surface area contributed by atoms with Crippen LogP contribution in [0.25, 0.3) is 0 Å². The van der Waals surface area contributed by atoms with Crippen LogP contribution in [0.4, 0.5) is 0 Å². The first-order valence-corrected chi connectivity index (χ1v) is 19.2. The summed E-state index contributed by atoms with van der Waals surface area (Å²) in [4.78, 5) is 73.2. The molecule has 2 unspecified atom stereocenters. The van der Waals surface area contributed by atoms with E-state index in [-0.39, 0.29) is 29.4 Å². The fourth-order valence-electron chi connectivity index (χ4n) is 5.46. The molecule has 0 saturated heterocycles. The van der Waals surface area contributed by atoms with Gasteiger partial charge in [0.2, 0.25) is 29.5 Å². The molecule has 5 amide bonds. The zero-order chi connectivity index (χ0) is 36.5. The molecule has 0 radical (unpaired) electrons. The number of rotatable bonds is 34. The van der Waals surface area contributed by atoms with Gasteiger partial charge in [-0.05, 0) is 83.5 Å². The second-order valence-electron chi connectivity index (χ2n) is 13.1. The van der Waals surface area contributed by atoms with E-state index >= 15 is 0 Å². The van der Waals surface area contributed by atoms with Crippen LogP contribution in [0.5, 0.6) is 0 Å². The first-order chi connectivity index (χ1) is 23.6. The first kappa shape index (κ1) is 45.9. The van der Waals surface area contributed by atoms with Crippen molar-refractivity contribution in [3.8, 4) is 0 Å². The van der Waals surface area contributed by atoms with Crippen molar-refractivity contribution in [3.63, 3.8) is 0 Å². The van der Waals surface area contributed by atoms with E-state index in [1.807, 2.05) is 0 Å². The lowest BCUT2D eigenvalue weighted by Crippen LogP contribution is -2.50. The molecule has 284 valence electrons. The van der Waals surface area contributed by atoms with Crippen LogP contribution >= 0.6 is 0 Å². The van der Waals surface area contributed by atoms with Crippen molar-refractivity contribution in [2.45, 2.75) is 167 Å². The summed E-state index contributed by atoms with van der Waals surface area (Å²) in [6, 6.07) is -1.12.